The van der Waals surface area contributed by atoms with E-state index in [0.717, 1.165) is 19.3 Å². The molecule has 4 heteroatoms. The van der Waals surface area contributed by atoms with Gasteiger partial charge in [0.1, 0.15) is 6.10 Å². The molecule has 0 fully saturated rings. The molecule has 0 saturated heterocycles. The highest BCUT2D eigenvalue weighted by molar-refractivity contribution is 5.59. The summed E-state index contributed by atoms with van der Waals surface area (Å²) in [5.74, 6) is 0. The van der Waals surface area contributed by atoms with Crippen LogP contribution in [0.2, 0.25) is 0 Å². The third-order valence-corrected chi connectivity index (χ3v) is 3.71. The van der Waals surface area contributed by atoms with Gasteiger partial charge in [-0.2, -0.15) is 0 Å². The molecule has 2 aromatic rings. The van der Waals surface area contributed by atoms with Crippen LogP contribution in [0.15, 0.2) is 71.0 Å². The van der Waals surface area contributed by atoms with E-state index in [1.807, 2.05) is 42.6 Å². The Hall–Kier alpha value is -2.62. The Bertz CT molecular complexity index is 625. The molecule has 4 nitrogen and oxygen atoms in total. The molecule has 2 atom stereocenters. The molecule has 0 N–H and O–H groups in total. The Labute approximate surface area is 136 Å². The van der Waals surface area contributed by atoms with Gasteiger partial charge in [0.15, 0.2) is 6.10 Å². The van der Waals surface area contributed by atoms with Gasteiger partial charge in [0.2, 0.25) is 0 Å². The van der Waals surface area contributed by atoms with Gasteiger partial charge in [0, 0.05) is 31.7 Å². The van der Waals surface area contributed by atoms with E-state index >= 15 is 0 Å². The van der Waals surface area contributed by atoms with Crippen LogP contribution in [0.4, 0.5) is 0 Å². The van der Waals surface area contributed by atoms with E-state index in [9.17, 15) is 0 Å². The summed E-state index contributed by atoms with van der Waals surface area (Å²) in [5.41, 5.74) is 2.51. The van der Waals surface area contributed by atoms with Crippen LogP contribution in [0.5, 0.6) is 0 Å². The Balaban J connectivity index is 0.000000136. The topological polar surface area (TPSA) is 43.2 Å². The lowest BCUT2D eigenvalue weighted by molar-refractivity contribution is 0.0857. The van der Waals surface area contributed by atoms with E-state index in [4.69, 9.17) is 9.68 Å². The zero-order chi connectivity index (χ0) is 15.7. The highest BCUT2D eigenvalue weighted by atomic mass is 16.6. The molecule has 4 rings (SSSR count). The fourth-order valence-corrected chi connectivity index (χ4v) is 2.49. The molecule has 0 aliphatic carbocycles. The Kier molecular flexibility index (Phi) is 5.40. The van der Waals surface area contributed by atoms with Crippen LogP contribution in [0, 0.1) is 0 Å². The van der Waals surface area contributed by atoms with Crippen molar-refractivity contribution in [3.05, 3.63) is 71.8 Å². The highest BCUT2D eigenvalue weighted by Crippen LogP contribution is 2.23. The monoisotopic (exact) mass is 308 g/mol. The first-order valence-electron chi connectivity index (χ1n) is 7.86. The van der Waals surface area contributed by atoms with Crippen LogP contribution in [-0.4, -0.2) is 18.5 Å². The van der Waals surface area contributed by atoms with Crippen molar-refractivity contribution in [2.24, 2.45) is 10.3 Å². The number of hydrogen-bond donors (Lipinski definition) is 0. The molecule has 2 aliphatic heterocycles. The molecular weight excluding hydrogens is 288 g/mol. The first kappa shape index (κ1) is 15.3. The second kappa shape index (κ2) is 8.13. The van der Waals surface area contributed by atoms with Crippen LogP contribution < -0.4 is 0 Å². The van der Waals surface area contributed by atoms with E-state index in [2.05, 4.69) is 34.6 Å². The van der Waals surface area contributed by atoms with Crippen molar-refractivity contribution in [1.82, 2.24) is 0 Å². The summed E-state index contributed by atoms with van der Waals surface area (Å²) in [4.78, 5) is 10.2. The quantitative estimate of drug-likeness (QED) is 0.855. The maximum Gasteiger partial charge on any atom is 0.157 e. The third-order valence-electron chi connectivity index (χ3n) is 3.71. The molecule has 0 aromatic heterocycles. The zero-order valence-corrected chi connectivity index (χ0v) is 12.9. The van der Waals surface area contributed by atoms with Gasteiger partial charge in [-0.25, -0.2) is 0 Å². The van der Waals surface area contributed by atoms with Crippen LogP contribution in [-0.2, 0) is 16.1 Å². The molecule has 118 valence electrons. The number of benzene rings is 2. The molecular formula is C19H20N2O2. The SMILES string of the molecule is C1=NOC(Cc2ccccc2)C1.C1=NOC(c2ccccc2)C1. The molecule has 2 aliphatic rings. The number of rotatable bonds is 3. The van der Waals surface area contributed by atoms with Crippen molar-refractivity contribution < 1.29 is 9.68 Å². The molecule has 0 bridgehead atoms. The summed E-state index contributed by atoms with van der Waals surface area (Å²) in [6.45, 7) is 0. The van der Waals surface area contributed by atoms with E-state index < -0.39 is 0 Å². The van der Waals surface area contributed by atoms with Gasteiger partial charge in [-0.3, -0.25) is 0 Å². The Morgan fingerprint density at radius 2 is 1.43 bits per heavy atom. The van der Waals surface area contributed by atoms with E-state index in [1.54, 1.807) is 6.21 Å². The summed E-state index contributed by atoms with van der Waals surface area (Å²) in [5, 5.41) is 7.45. The fourth-order valence-electron chi connectivity index (χ4n) is 2.49. The van der Waals surface area contributed by atoms with E-state index in [1.165, 1.54) is 11.1 Å². The normalized spacial score (nSPS) is 21.2. The third kappa shape index (κ3) is 4.68. The van der Waals surface area contributed by atoms with Crippen molar-refractivity contribution in [2.75, 3.05) is 0 Å². The van der Waals surface area contributed by atoms with E-state index in [-0.39, 0.29) is 12.2 Å². The van der Waals surface area contributed by atoms with Gasteiger partial charge >= 0.3 is 0 Å². The second-order valence-corrected chi connectivity index (χ2v) is 5.47. The highest BCUT2D eigenvalue weighted by Gasteiger charge is 2.14. The Morgan fingerprint density at radius 3 is 2.04 bits per heavy atom. The van der Waals surface area contributed by atoms with E-state index in [0.29, 0.717) is 0 Å². The number of hydrogen-bond acceptors (Lipinski definition) is 4. The van der Waals surface area contributed by atoms with Gasteiger partial charge in [0.25, 0.3) is 0 Å². The summed E-state index contributed by atoms with van der Waals surface area (Å²) in [6.07, 6.45) is 6.83. The minimum Gasteiger partial charge on any atom is -0.392 e. The smallest absolute Gasteiger partial charge is 0.157 e. The lowest BCUT2D eigenvalue weighted by Crippen LogP contribution is -2.08. The van der Waals surface area contributed by atoms with Gasteiger partial charge in [-0.15, -0.1) is 0 Å². The van der Waals surface area contributed by atoms with Crippen molar-refractivity contribution in [3.63, 3.8) is 0 Å². The van der Waals surface area contributed by atoms with Crippen LogP contribution in [0.3, 0.4) is 0 Å². The maximum absolute atomic E-state index is 5.13. The van der Waals surface area contributed by atoms with Crippen LogP contribution in [0.1, 0.15) is 30.1 Å². The first-order valence-corrected chi connectivity index (χ1v) is 7.86. The maximum atomic E-state index is 5.13. The van der Waals surface area contributed by atoms with Crippen molar-refractivity contribution in [2.45, 2.75) is 31.5 Å². The van der Waals surface area contributed by atoms with Crippen molar-refractivity contribution in [3.8, 4) is 0 Å². The lowest BCUT2D eigenvalue weighted by Gasteiger charge is -2.06. The average Bonchev–Trinajstić information content (AvgIpc) is 3.31. The largest absolute Gasteiger partial charge is 0.392 e. The molecule has 2 heterocycles. The van der Waals surface area contributed by atoms with Gasteiger partial charge in [-0.05, 0) is 11.1 Å². The van der Waals surface area contributed by atoms with Crippen molar-refractivity contribution in [1.29, 1.82) is 0 Å². The summed E-state index contributed by atoms with van der Waals surface area (Å²) >= 11 is 0. The molecule has 2 aromatic carbocycles. The fraction of sp³-hybridized carbons (Fsp3) is 0.263. The average molecular weight is 308 g/mol. The van der Waals surface area contributed by atoms with Crippen LogP contribution in [0.25, 0.3) is 0 Å². The van der Waals surface area contributed by atoms with Crippen LogP contribution >= 0.6 is 0 Å². The molecule has 23 heavy (non-hydrogen) atoms. The predicted octanol–water partition coefficient (Wildman–Crippen LogP) is 4.14. The predicted molar refractivity (Wildman–Crippen MR) is 91.5 cm³/mol. The van der Waals surface area contributed by atoms with Crippen molar-refractivity contribution >= 4 is 12.4 Å². The molecule has 0 amide bonds. The molecule has 0 spiro atoms. The number of oxime groups is 2. The number of nitrogens with zero attached hydrogens (tertiary/aromatic N) is 2. The summed E-state index contributed by atoms with van der Waals surface area (Å²) in [7, 11) is 0. The zero-order valence-electron chi connectivity index (χ0n) is 12.9. The Morgan fingerprint density at radius 1 is 0.783 bits per heavy atom. The molecule has 2 unspecified atom stereocenters. The lowest BCUT2D eigenvalue weighted by atomic mass is 10.1. The second-order valence-electron chi connectivity index (χ2n) is 5.47. The minimum atomic E-state index is 0.149. The van der Waals surface area contributed by atoms with Gasteiger partial charge in [0.05, 0.1) is 0 Å². The molecule has 0 saturated carbocycles. The standard InChI is InChI=1S/C10H11NO.C9H9NO/c1-2-4-9(5-3-1)8-10-6-7-11-12-10;1-2-4-8(5-3-1)9-6-7-10-11-9/h1-5,7,10H,6,8H2;1-5,7,9H,6H2. The first-order chi connectivity index (χ1) is 11.4. The minimum absolute atomic E-state index is 0.149. The van der Waals surface area contributed by atoms with Gasteiger partial charge in [-0.1, -0.05) is 71.0 Å². The van der Waals surface area contributed by atoms with Gasteiger partial charge < -0.3 is 9.68 Å². The summed E-state index contributed by atoms with van der Waals surface area (Å²) in [6, 6.07) is 20.5. The summed E-state index contributed by atoms with van der Waals surface area (Å²) < 4.78 is 0. The molecule has 0 radical (unpaired) electrons.